The van der Waals surface area contributed by atoms with E-state index in [0.717, 1.165) is 0 Å². The molecule has 0 saturated heterocycles. The molecule has 0 amide bonds. The second-order valence-electron chi connectivity index (χ2n) is 1.79. The summed E-state index contributed by atoms with van der Waals surface area (Å²) in [5.41, 5.74) is 0.374. The summed E-state index contributed by atoms with van der Waals surface area (Å²) in [5, 5.41) is 8.78. The van der Waals surface area contributed by atoms with E-state index in [2.05, 4.69) is 4.98 Å². The van der Waals surface area contributed by atoms with Crippen LogP contribution in [0.4, 0.5) is 0 Å². The molecule has 1 aromatic heterocycles. The summed E-state index contributed by atoms with van der Waals surface area (Å²) >= 11 is 5.70. The zero-order valence-corrected chi connectivity index (χ0v) is 6.59. The van der Waals surface area contributed by atoms with Gasteiger partial charge in [-0.3, -0.25) is 0 Å². The SMILES string of the molecule is COc1nccc(C#N)c1Cl. The highest BCUT2D eigenvalue weighted by atomic mass is 35.5. The number of aromatic nitrogens is 1. The molecule has 0 bridgehead atoms. The largest absolute Gasteiger partial charge is 0.480 e. The molecule has 0 N–H and O–H groups in total. The Morgan fingerprint density at radius 3 is 3.00 bits per heavy atom. The number of hydrogen-bond donors (Lipinski definition) is 0. The number of hydrogen-bond acceptors (Lipinski definition) is 3. The van der Waals surface area contributed by atoms with Crippen LogP contribution in [-0.2, 0) is 0 Å². The van der Waals surface area contributed by atoms with Gasteiger partial charge in [0.15, 0.2) is 0 Å². The van der Waals surface area contributed by atoms with E-state index in [9.17, 15) is 0 Å². The van der Waals surface area contributed by atoms with Gasteiger partial charge < -0.3 is 4.74 Å². The van der Waals surface area contributed by atoms with Gasteiger partial charge in [0.05, 0.1) is 12.7 Å². The Hall–Kier alpha value is -1.27. The van der Waals surface area contributed by atoms with Gasteiger partial charge >= 0.3 is 0 Å². The van der Waals surface area contributed by atoms with Crippen molar-refractivity contribution in [2.24, 2.45) is 0 Å². The molecule has 1 heterocycles. The van der Waals surface area contributed by atoms with Crippen LogP contribution in [0.5, 0.6) is 5.88 Å². The molecule has 0 aliphatic carbocycles. The first kappa shape index (κ1) is 7.83. The number of nitrogens with zero attached hydrogens (tertiary/aromatic N) is 2. The fourth-order valence-electron chi connectivity index (χ4n) is 0.653. The summed E-state index contributed by atoms with van der Waals surface area (Å²) in [5.74, 6) is 0.283. The van der Waals surface area contributed by atoms with Crippen molar-refractivity contribution in [3.8, 4) is 11.9 Å². The van der Waals surface area contributed by atoms with Crippen molar-refractivity contribution < 1.29 is 4.74 Å². The van der Waals surface area contributed by atoms with Gasteiger partial charge in [0.2, 0.25) is 5.88 Å². The van der Waals surface area contributed by atoms with Gasteiger partial charge in [-0.15, -0.1) is 0 Å². The van der Waals surface area contributed by atoms with E-state index < -0.39 is 0 Å². The first-order chi connectivity index (χ1) is 5.29. The second-order valence-corrected chi connectivity index (χ2v) is 2.17. The maximum absolute atomic E-state index is 8.52. The molecule has 0 fully saturated rings. The zero-order chi connectivity index (χ0) is 8.27. The van der Waals surface area contributed by atoms with E-state index in [4.69, 9.17) is 21.6 Å². The molecule has 3 nitrogen and oxygen atoms in total. The molecule has 0 aromatic carbocycles. The van der Waals surface area contributed by atoms with Gasteiger partial charge in [0.25, 0.3) is 0 Å². The van der Waals surface area contributed by atoms with Crippen molar-refractivity contribution in [1.29, 1.82) is 5.26 Å². The van der Waals surface area contributed by atoms with E-state index in [1.54, 1.807) is 0 Å². The molecule has 0 spiro atoms. The Morgan fingerprint density at radius 2 is 2.45 bits per heavy atom. The number of pyridine rings is 1. The van der Waals surface area contributed by atoms with Gasteiger partial charge in [0.1, 0.15) is 11.1 Å². The first-order valence-electron chi connectivity index (χ1n) is 2.88. The molecule has 4 heteroatoms. The van der Waals surface area contributed by atoms with Crippen molar-refractivity contribution in [3.05, 3.63) is 22.8 Å². The van der Waals surface area contributed by atoms with Crippen LogP contribution >= 0.6 is 11.6 Å². The van der Waals surface area contributed by atoms with Crippen molar-refractivity contribution in [2.45, 2.75) is 0 Å². The Morgan fingerprint density at radius 1 is 1.73 bits per heavy atom. The van der Waals surface area contributed by atoms with E-state index in [1.807, 2.05) is 6.07 Å². The normalized spacial score (nSPS) is 8.82. The van der Waals surface area contributed by atoms with Crippen LogP contribution < -0.4 is 4.74 Å². The Bertz CT molecular complexity index is 306. The van der Waals surface area contributed by atoms with E-state index in [0.29, 0.717) is 5.56 Å². The van der Waals surface area contributed by atoms with Crippen LogP contribution in [0.1, 0.15) is 5.56 Å². The fraction of sp³-hybridized carbons (Fsp3) is 0.143. The van der Waals surface area contributed by atoms with Crippen LogP contribution in [0.2, 0.25) is 5.02 Å². The first-order valence-corrected chi connectivity index (χ1v) is 3.26. The average Bonchev–Trinajstić information content (AvgIpc) is 2.05. The summed E-state index contributed by atoms with van der Waals surface area (Å²) in [6.07, 6.45) is 1.48. The van der Waals surface area contributed by atoms with Crippen molar-refractivity contribution in [3.63, 3.8) is 0 Å². The molecular weight excluding hydrogens is 164 g/mol. The van der Waals surface area contributed by atoms with E-state index in [1.165, 1.54) is 19.4 Å². The second kappa shape index (κ2) is 3.22. The summed E-state index contributed by atoms with van der Waals surface area (Å²) in [7, 11) is 1.45. The van der Waals surface area contributed by atoms with Crippen molar-refractivity contribution in [1.82, 2.24) is 4.98 Å². The number of methoxy groups -OCH3 is 1. The molecule has 0 aliphatic rings. The molecule has 0 saturated carbocycles. The third-order valence-corrected chi connectivity index (χ3v) is 1.54. The summed E-state index contributed by atoms with van der Waals surface area (Å²) in [4.78, 5) is 3.80. The van der Waals surface area contributed by atoms with Crippen molar-refractivity contribution in [2.75, 3.05) is 7.11 Å². The Labute approximate surface area is 69.2 Å². The van der Waals surface area contributed by atoms with Gasteiger partial charge in [-0.1, -0.05) is 11.6 Å². The highest BCUT2D eigenvalue weighted by Crippen LogP contribution is 2.23. The molecule has 0 radical (unpaired) electrons. The molecule has 56 valence electrons. The van der Waals surface area contributed by atoms with Crippen LogP contribution in [0.15, 0.2) is 12.3 Å². The topological polar surface area (TPSA) is 45.9 Å². The standard InChI is InChI=1S/C7H5ClN2O/c1-11-7-6(8)5(4-9)2-3-10-7/h2-3H,1H3. The Kier molecular flexibility index (Phi) is 2.29. The van der Waals surface area contributed by atoms with Gasteiger partial charge in [-0.2, -0.15) is 5.26 Å². The molecule has 0 aliphatic heterocycles. The lowest BCUT2D eigenvalue weighted by atomic mass is 10.3. The van der Waals surface area contributed by atoms with Crippen LogP contribution in [0.25, 0.3) is 0 Å². The maximum atomic E-state index is 8.52. The van der Waals surface area contributed by atoms with Gasteiger partial charge in [-0.05, 0) is 6.07 Å². The third kappa shape index (κ3) is 1.41. The minimum Gasteiger partial charge on any atom is -0.480 e. The van der Waals surface area contributed by atoms with Crippen molar-refractivity contribution >= 4 is 11.6 Å². The predicted molar refractivity (Wildman–Crippen MR) is 40.5 cm³/mol. The number of rotatable bonds is 1. The maximum Gasteiger partial charge on any atom is 0.233 e. The summed E-state index contributed by atoms with van der Waals surface area (Å²) < 4.78 is 4.79. The van der Waals surface area contributed by atoms with Gasteiger partial charge in [0, 0.05) is 6.20 Å². The molecule has 1 rings (SSSR count). The molecule has 0 unspecified atom stereocenters. The molecule has 1 aromatic rings. The van der Waals surface area contributed by atoms with E-state index in [-0.39, 0.29) is 10.9 Å². The third-order valence-electron chi connectivity index (χ3n) is 1.17. The lowest BCUT2D eigenvalue weighted by Gasteiger charge is -2.00. The monoisotopic (exact) mass is 168 g/mol. The van der Waals surface area contributed by atoms with Crippen LogP contribution in [-0.4, -0.2) is 12.1 Å². The summed E-state index contributed by atoms with van der Waals surface area (Å²) in [6, 6.07) is 3.45. The zero-order valence-electron chi connectivity index (χ0n) is 5.84. The fourth-order valence-corrected chi connectivity index (χ4v) is 0.884. The highest BCUT2D eigenvalue weighted by Gasteiger charge is 2.05. The van der Waals surface area contributed by atoms with Crippen LogP contribution in [0.3, 0.4) is 0 Å². The Balaban J connectivity index is 3.23. The molecule has 11 heavy (non-hydrogen) atoms. The minimum absolute atomic E-state index is 0.262. The lowest BCUT2D eigenvalue weighted by molar-refractivity contribution is 0.398. The van der Waals surface area contributed by atoms with E-state index >= 15 is 0 Å². The number of nitriles is 1. The average molecular weight is 169 g/mol. The van der Waals surface area contributed by atoms with Gasteiger partial charge in [-0.25, -0.2) is 4.98 Å². The number of ether oxygens (including phenoxy) is 1. The molecular formula is C7H5ClN2O. The highest BCUT2D eigenvalue weighted by molar-refractivity contribution is 6.32. The van der Waals surface area contributed by atoms with Crippen LogP contribution in [0, 0.1) is 11.3 Å². The lowest BCUT2D eigenvalue weighted by Crippen LogP contribution is -1.89. The predicted octanol–water partition coefficient (Wildman–Crippen LogP) is 1.62. The quantitative estimate of drug-likeness (QED) is 0.640. The minimum atomic E-state index is 0.262. The summed E-state index contributed by atoms with van der Waals surface area (Å²) in [6.45, 7) is 0. The molecule has 0 atom stereocenters. The number of halogens is 1. The smallest absolute Gasteiger partial charge is 0.233 e.